The number of hydrogen-bond acceptors (Lipinski definition) is 0. The van der Waals surface area contributed by atoms with E-state index in [2.05, 4.69) is 55.5 Å². The van der Waals surface area contributed by atoms with Gasteiger partial charge < -0.3 is 0 Å². The van der Waals surface area contributed by atoms with Crippen LogP contribution in [0, 0.1) is 0 Å². The van der Waals surface area contributed by atoms with Crippen molar-refractivity contribution < 1.29 is 0 Å². The average Bonchev–Trinajstić information content (AvgIpc) is 2.67. The van der Waals surface area contributed by atoms with Gasteiger partial charge in [-0.15, -0.1) is 0 Å². The van der Waals surface area contributed by atoms with Crippen LogP contribution in [0.2, 0.25) is 0 Å². The van der Waals surface area contributed by atoms with Gasteiger partial charge in [-0.25, -0.2) is 0 Å². The van der Waals surface area contributed by atoms with Gasteiger partial charge in [0.25, 0.3) is 8.24 Å². The molecule has 0 aromatic heterocycles. The van der Waals surface area contributed by atoms with Crippen LogP contribution in [0.3, 0.4) is 0 Å². The number of aryl methyl sites for hydroxylation is 1. The molecule has 0 N–H and O–H groups in total. The van der Waals surface area contributed by atoms with Crippen molar-refractivity contribution in [1.82, 2.24) is 5.40 Å². The molecule has 0 spiro atoms. The van der Waals surface area contributed by atoms with Gasteiger partial charge in [0.05, 0.1) is 0 Å². The normalized spacial score (nSPS) is 11.4. The topological polar surface area (TPSA) is 22.3 Å². The molecule has 3 aromatic carbocycles. The Balaban J connectivity index is 2.20. The molecule has 1 nitrogen and oxygen atoms in total. The molecule has 2 radical (unpaired) electrons. The highest BCUT2D eigenvalue weighted by Gasteiger charge is 2.39. The lowest BCUT2D eigenvalue weighted by Crippen LogP contribution is -2.69. The Morgan fingerprint density at radius 2 is 1.21 bits per heavy atom. The van der Waals surface area contributed by atoms with Crippen LogP contribution in [0.1, 0.15) is 25.3 Å². The maximum atomic E-state index is 12.0. The van der Waals surface area contributed by atoms with Gasteiger partial charge >= 0.3 is 0 Å². The largest absolute Gasteiger partial charge is 0.261 e. The van der Waals surface area contributed by atoms with Crippen molar-refractivity contribution in [2.24, 2.45) is 0 Å². The summed E-state index contributed by atoms with van der Waals surface area (Å²) in [7, 11) is -2.97. The van der Waals surface area contributed by atoms with Crippen molar-refractivity contribution in [2.75, 3.05) is 0 Å². The van der Waals surface area contributed by atoms with Crippen molar-refractivity contribution >= 4 is 23.8 Å². The maximum absolute atomic E-state index is 12.0. The van der Waals surface area contributed by atoms with Gasteiger partial charge in [0, 0.05) is 0 Å². The van der Waals surface area contributed by atoms with Crippen LogP contribution >= 0.6 is 0 Å². The Bertz CT molecular complexity index is 729. The molecule has 0 atom stereocenters. The van der Waals surface area contributed by atoms with Gasteiger partial charge in [0.1, 0.15) is 0 Å². The lowest BCUT2D eigenvalue weighted by atomic mass is 10.1. The van der Waals surface area contributed by atoms with E-state index < -0.39 is 8.24 Å². The lowest BCUT2D eigenvalue weighted by Gasteiger charge is -2.28. The molecule has 3 rings (SSSR count). The summed E-state index contributed by atoms with van der Waals surface area (Å²) in [6, 6.07) is 28.8. The third kappa shape index (κ3) is 3.21. The Morgan fingerprint density at radius 1 is 0.708 bits per heavy atom. The van der Waals surface area contributed by atoms with Crippen molar-refractivity contribution in [1.29, 1.82) is 0 Å². The molecule has 3 aromatic rings. The van der Waals surface area contributed by atoms with Gasteiger partial charge in [-0.1, -0.05) is 98.3 Å². The summed E-state index contributed by atoms with van der Waals surface area (Å²) in [5, 5.41) is 15.2. The van der Waals surface area contributed by atoms with E-state index in [0.29, 0.717) is 0 Å². The molecule has 0 aliphatic rings. The molecule has 0 aliphatic heterocycles. The minimum absolute atomic E-state index is 1.02. The van der Waals surface area contributed by atoms with E-state index in [0.717, 1.165) is 34.8 Å². The van der Waals surface area contributed by atoms with E-state index in [1.165, 1.54) is 5.56 Å². The number of hydrogen-bond donors (Lipinski definition) is 0. The van der Waals surface area contributed by atoms with Crippen LogP contribution in [-0.4, -0.2) is 8.24 Å². The highest BCUT2D eigenvalue weighted by Crippen LogP contribution is 2.10. The summed E-state index contributed by atoms with van der Waals surface area (Å²) >= 11 is 0. The van der Waals surface area contributed by atoms with Crippen LogP contribution in [0.5, 0.6) is 0 Å². The maximum Gasteiger partial charge on any atom is 0.261 e. The van der Waals surface area contributed by atoms with Gasteiger partial charge in [-0.2, -0.15) is 5.40 Å². The van der Waals surface area contributed by atoms with Crippen LogP contribution in [0.15, 0.2) is 84.9 Å². The third-order valence-electron chi connectivity index (χ3n) is 4.59. The highest BCUT2D eigenvalue weighted by molar-refractivity contribution is 7.09. The second-order valence-corrected chi connectivity index (χ2v) is 9.32. The standard InChI is InChI=1S/C22H23NSi/c1-2-3-12-19-13-10-11-18-22(19)24(23,20-14-6-4-7-15-20)21-16-8-5-9-17-21/h4-11,13-18H,2-3,12H2,1H3. The van der Waals surface area contributed by atoms with E-state index in [4.69, 9.17) is 0 Å². The van der Waals surface area contributed by atoms with E-state index in [1.54, 1.807) is 0 Å². The first kappa shape index (κ1) is 16.7. The SMILES string of the molecule is CCCCc1ccccc1[Si]([N])(c1ccccc1)c1ccccc1. The predicted molar refractivity (Wildman–Crippen MR) is 105 cm³/mol. The molecule has 0 aliphatic carbocycles. The summed E-state index contributed by atoms with van der Waals surface area (Å²) in [6.45, 7) is 2.21. The molecule has 120 valence electrons. The smallest absolute Gasteiger partial charge is 0.170 e. The fourth-order valence-corrected chi connectivity index (χ4v) is 6.61. The summed E-state index contributed by atoms with van der Waals surface area (Å²) in [5.41, 5.74) is 1.28. The highest BCUT2D eigenvalue weighted by atomic mass is 28.3. The number of nitrogens with zero attached hydrogens (tertiary/aromatic N) is 1. The summed E-state index contributed by atoms with van der Waals surface area (Å²) in [4.78, 5) is 0. The zero-order valence-electron chi connectivity index (χ0n) is 14.2. The average molecular weight is 330 g/mol. The zero-order chi connectivity index (χ0) is 16.8. The molecule has 0 saturated carbocycles. The summed E-state index contributed by atoms with van der Waals surface area (Å²) in [5.74, 6) is 0. The first-order valence-corrected chi connectivity index (χ1v) is 10.6. The fraction of sp³-hybridized carbons (Fsp3) is 0.182. The molecule has 0 unspecified atom stereocenters. The number of unbranched alkanes of at least 4 members (excludes halogenated alkanes) is 1. The molecule has 2 heteroatoms. The van der Waals surface area contributed by atoms with Crippen LogP contribution in [-0.2, 0) is 6.42 Å². The Morgan fingerprint density at radius 3 is 1.75 bits per heavy atom. The van der Waals surface area contributed by atoms with Crippen LogP contribution in [0.25, 0.3) is 0 Å². The van der Waals surface area contributed by atoms with E-state index in [9.17, 15) is 5.40 Å². The van der Waals surface area contributed by atoms with Crippen molar-refractivity contribution in [3.8, 4) is 0 Å². The molecule has 24 heavy (non-hydrogen) atoms. The monoisotopic (exact) mass is 329 g/mol. The van der Waals surface area contributed by atoms with Gasteiger partial charge in [0.15, 0.2) is 0 Å². The molecular weight excluding hydrogens is 306 g/mol. The summed E-state index contributed by atoms with van der Waals surface area (Å²) < 4.78 is 0. The van der Waals surface area contributed by atoms with Gasteiger partial charge in [-0.3, -0.25) is 0 Å². The quantitative estimate of drug-likeness (QED) is 0.490. The molecule has 0 amide bonds. The predicted octanol–water partition coefficient (Wildman–Crippen LogP) is 3.06. The molecular formula is C22H23NSi. The van der Waals surface area contributed by atoms with Gasteiger partial charge in [0.2, 0.25) is 0 Å². The summed E-state index contributed by atoms with van der Waals surface area (Å²) in [6.07, 6.45) is 3.32. The number of benzene rings is 3. The molecule has 0 heterocycles. The van der Waals surface area contributed by atoms with Crippen molar-refractivity contribution in [3.63, 3.8) is 0 Å². The Labute approximate surface area is 146 Å². The first-order valence-electron chi connectivity index (χ1n) is 8.68. The van der Waals surface area contributed by atoms with E-state index in [1.807, 2.05) is 36.4 Å². The fourth-order valence-electron chi connectivity index (χ4n) is 3.29. The Hall–Kier alpha value is -2.16. The number of rotatable bonds is 6. The third-order valence-corrected chi connectivity index (χ3v) is 8.20. The zero-order valence-corrected chi connectivity index (χ0v) is 15.2. The van der Waals surface area contributed by atoms with E-state index >= 15 is 0 Å². The molecule has 0 saturated heterocycles. The second kappa shape index (κ2) is 7.60. The van der Waals surface area contributed by atoms with Crippen molar-refractivity contribution in [3.05, 3.63) is 90.5 Å². The minimum atomic E-state index is -2.97. The first-order chi connectivity index (χ1) is 11.8. The van der Waals surface area contributed by atoms with Gasteiger partial charge in [-0.05, 0) is 34.0 Å². The van der Waals surface area contributed by atoms with Crippen LogP contribution < -0.4 is 21.0 Å². The lowest BCUT2D eigenvalue weighted by molar-refractivity contribution is 0.797. The molecule has 0 bridgehead atoms. The van der Waals surface area contributed by atoms with E-state index in [-0.39, 0.29) is 0 Å². The minimum Gasteiger partial charge on any atom is -0.170 e. The second-order valence-electron chi connectivity index (χ2n) is 6.20. The Kier molecular flexibility index (Phi) is 5.29. The van der Waals surface area contributed by atoms with Crippen LogP contribution in [0.4, 0.5) is 0 Å². The molecule has 0 fully saturated rings. The van der Waals surface area contributed by atoms with Crippen molar-refractivity contribution in [2.45, 2.75) is 26.2 Å².